The number of carbonyl (C=O) groups excluding carboxylic acids is 1. The molecule has 1 heterocycles. The summed E-state index contributed by atoms with van der Waals surface area (Å²) in [6.45, 7) is 2.01. The van der Waals surface area contributed by atoms with Crippen molar-refractivity contribution in [1.29, 1.82) is 0 Å². The zero-order chi connectivity index (χ0) is 16.9. The number of nitrogens with one attached hydrogen (secondary N) is 2. The summed E-state index contributed by atoms with van der Waals surface area (Å²) in [5.41, 5.74) is 7.59. The molecule has 0 atom stereocenters. The van der Waals surface area contributed by atoms with Crippen molar-refractivity contribution in [3.8, 4) is 0 Å². The molecule has 0 radical (unpaired) electrons. The molecule has 7 heteroatoms. The zero-order valence-electron chi connectivity index (χ0n) is 13.0. The Labute approximate surface area is 147 Å². The van der Waals surface area contributed by atoms with Crippen molar-refractivity contribution in [2.24, 2.45) is 0 Å². The van der Waals surface area contributed by atoms with Crippen LogP contribution < -0.4 is 10.9 Å². The highest BCUT2D eigenvalue weighted by atomic mass is 32.2. The molecule has 0 spiro atoms. The van der Waals surface area contributed by atoms with Crippen LogP contribution in [-0.2, 0) is 4.79 Å². The Morgan fingerprint density at radius 3 is 2.79 bits per heavy atom. The van der Waals surface area contributed by atoms with Gasteiger partial charge in [-0.05, 0) is 42.8 Å². The molecule has 4 nitrogen and oxygen atoms in total. The number of carbonyl (C=O) groups is 1. The van der Waals surface area contributed by atoms with Gasteiger partial charge in [-0.1, -0.05) is 23.5 Å². The summed E-state index contributed by atoms with van der Waals surface area (Å²) in [7, 11) is 0. The molecule has 1 aromatic heterocycles. The molecule has 0 saturated carbocycles. The lowest BCUT2D eigenvalue weighted by Gasteiger charge is -2.05. The summed E-state index contributed by atoms with van der Waals surface area (Å²) >= 11 is 3.01. The minimum Gasteiger partial charge on any atom is -0.273 e. The molecule has 0 unspecified atom stereocenters. The first-order chi connectivity index (χ1) is 11.6. The van der Waals surface area contributed by atoms with Crippen LogP contribution in [0, 0.1) is 12.7 Å². The summed E-state index contributed by atoms with van der Waals surface area (Å²) in [5, 5.41) is 0.666. The van der Waals surface area contributed by atoms with E-state index in [0.717, 1.165) is 20.7 Å². The molecule has 124 valence electrons. The van der Waals surface area contributed by atoms with Gasteiger partial charge in [0.1, 0.15) is 5.82 Å². The number of aromatic nitrogens is 1. The second kappa shape index (κ2) is 7.63. The standard InChI is InChI=1S/C17H16FN3OS2/c1-11-3-2-4-14-16(11)19-17(24-14)21-20-15(22)9-10-23-13-7-5-12(18)6-8-13/h2-8H,9-10H2,1H3,(H,19,21)(H,20,22). The van der Waals surface area contributed by atoms with Crippen LogP contribution in [0.25, 0.3) is 10.2 Å². The van der Waals surface area contributed by atoms with Crippen molar-refractivity contribution < 1.29 is 9.18 Å². The number of hydrazine groups is 1. The monoisotopic (exact) mass is 361 g/mol. The van der Waals surface area contributed by atoms with Crippen LogP contribution in [0.15, 0.2) is 47.4 Å². The average Bonchev–Trinajstić information content (AvgIpc) is 2.99. The SMILES string of the molecule is Cc1cccc2sc(NNC(=O)CCSc3ccc(F)cc3)nc12. The van der Waals surface area contributed by atoms with Gasteiger partial charge >= 0.3 is 0 Å². The predicted molar refractivity (Wildman–Crippen MR) is 97.9 cm³/mol. The predicted octanol–water partition coefficient (Wildman–Crippen LogP) is 4.37. The molecule has 2 aromatic carbocycles. The number of thiazole rings is 1. The highest BCUT2D eigenvalue weighted by molar-refractivity contribution is 7.99. The van der Waals surface area contributed by atoms with Gasteiger partial charge in [0.05, 0.1) is 10.2 Å². The van der Waals surface area contributed by atoms with E-state index < -0.39 is 0 Å². The third kappa shape index (κ3) is 4.24. The fourth-order valence-electron chi connectivity index (χ4n) is 2.12. The van der Waals surface area contributed by atoms with E-state index in [2.05, 4.69) is 15.8 Å². The summed E-state index contributed by atoms with van der Waals surface area (Å²) in [6.07, 6.45) is 0.360. The lowest BCUT2D eigenvalue weighted by molar-refractivity contribution is -0.120. The molecular weight excluding hydrogens is 345 g/mol. The van der Waals surface area contributed by atoms with Gasteiger partial charge in [-0.2, -0.15) is 0 Å². The van der Waals surface area contributed by atoms with E-state index in [4.69, 9.17) is 0 Å². The number of fused-ring (bicyclic) bond motifs is 1. The van der Waals surface area contributed by atoms with Crippen molar-refractivity contribution >= 4 is 44.4 Å². The fourth-order valence-corrected chi connectivity index (χ4v) is 3.87. The number of anilines is 1. The molecule has 3 rings (SSSR count). The van der Waals surface area contributed by atoms with E-state index in [0.29, 0.717) is 17.3 Å². The van der Waals surface area contributed by atoms with Gasteiger partial charge in [-0.3, -0.25) is 15.6 Å². The van der Waals surface area contributed by atoms with Gasteiger partial charge in [0, 0.05) is 17.1 Å². The minimum absolute atomic E-state index is 0.111. The second-order valence-corrected chi connectivity index (χ2v) is 7.37. The van der Waals surface area contributed by atoms with Gasteiger partial charge in [-0.25, -0.2) is 9.37 Å². The smallest absolute Gasteiger partial charge is 0.239 e. The van der Waals surface area contributed by atoms with Crippen LogP contribution >= 0.6 is 23.1 Å². The highest BCUT2D eigenvalue weighted by Gasteiger charge is 2.07. The van der Waals surface area contributed by atoms with Gasteiger partial charge in [-0.15, -0.1) is 11.8 Å². The molecule has 1 amide bonds. The van der Waals surface area contributed by atoms with Crippen LogP contribution in [0.5, 0.6) is 0 Å². The van der Waals surface area contributed by atoms with Crippen molar-refractivity contribution in [3.63, 3.8) is 0 Å². The fraction of sp³-hybridized carbons (Fsp3) is 0.176. The molecule has 0 fully saturated rings. The summed E-state index contributed by atoms with van der Waals surface area (Å²) in [4.78, 5) is 17.3. The van der Waals surface area contributed by atoms with Crippen molar-refractivity contribution in [2.45, 2.75) is 18.2 Å². The van der Waals surface area contributed by atoms with Crippen molar-refractivity contribution in [2.75, 3.05) is 11.2 Å². The van der Waals surface area contributed by atoms with Crippen LogP contribution in [0.3, 0.4) is 0 Å². The maximum atomic E-state index is 12.8. The molecule has 2 N–H and O–H groups in total. The van der Waals surface area contributed by atoms with E-state index in [-0.39, 0.29) is 11.7 Å². The normalized spacial score (nSPS) is 10.8. The van der Waals surface area contributed by atoms with E-state index in [1.54, 1.807) is 12.1 Å². The van der Waals surface area contributed by atoms with E-state index in [1.165, 1.54) is 35.2 Å². The topological polar surface area (TPSA) is 54.0 Å². The number of benzene rings is 2. The first kappa shape index (κ1) is 16.7. The van der Waals surface area contributed by atoms with E-state index >= 15 is 0 Å². The zero-order valence-corrected chi connectivity index (χ0v) is 14.6. The Morgan fingerprint density at radius 2 is 2.04 bits per heavy atom. The first-order valence-corrected chi connectivity index (χ1v) is 9.21. The van der Waals surface area contributed by atoms with Crippen molar-refractivity contribution in [1.82, 2.24) is 10.4 Å². The third-order valence-corrected chi connectivity index (χ3v) is 5.29. The van der Waals surface area contributed by atoms with Crippen molar-refractivity contribution in [3.05, 3.63) is 53.8 Å². The Kier molecular flexibility index (Phi) is 5.32. The lowest BCUT2D eigenvalue weighted by Crippen LogP contribution is -2.29. The number of aryl methyl sites for hydroxylation is 1. The Balaban J connectivity index is 1.46. The average molecular weight is 361 g/mol. The van der Waals surface area contributed by atoms with Gasteiger partial charge in [0.15, 0.2) is 0 Å². The molecule has 0 aliphatic rings. The number of rotatable bonds is 6. The Bertz CT molecular complexity index is 849. The molecule has 0 bridgehead atoms. The number of para-hydroxylation sites is 1. The summed E-state index contributed by atoms with van der Waals surface area (Å²) in [5.74, 6) is 0.255. The third-order valence-electron chi connectivity index (χ3n) is 3.34. The van der Waals surface area contributed by atoms with Gasteiger partial charge in [0.25, 0.3) is 0 Å². The number of hydrogen-bond acceptors (Lipinski definition) is 5. The highest BCUT2D eigenvalue weighted by Crippen LogP contribution is 2.27. The first-order valence-electron chi connectivity index (χ1n) is 7.41. The molecule has 0 aliphatic carbocycles. The maximum absolute atomic E-state index is 12.8. The number of amides is 1. The van der Waals surface area contributed by atoms with Crippen LogP contribution in [-0.4, -0.2) is 16.6 Å². The Morgan fingerprint density at radius 1 is 1.25 bits per heavy atom. The number of thioether (sulfide) groups is 1. The summed E-state index contributed by atoms with van der Waals surface area (Å²) in [6, 6.07) is 12.3. The second-order valence-electron chi connectivity index (χ2n) is 5.17. The molecule has 0 aliphatic heterocycles. The van der Waals surface area contributed by atoms with E-state index in [9.17, 15) is 9.18 Å². The summed E-state index contributed by atoms with van der Waals surface area (Å²) < 4.78 is 13.9. The molecule has 0 saturated heterocycles. The van der Waals surface area contributed by atoms with Crippen LogP contribution in [0.4, 0.5) is 9.52 Å². The Hall–Kier alpha value is -2.12. The number of hydrogen-bond donors (Lipinski definition) is 2. The number of nitrogens with zero attached hydrogens (tertiary/aromatic N) is 1. The maximum Gasteiger partial charge on any atom is 0.239 e. The van der Waals surface area contributed by atoms with Gasteiger partial charge in [0.2, 0.25) is 11.0 Å². The van der Waals surface area contributed by atoms with Crippen LogP contribution in [0.2, 0.25) is 0 Å². The van der Waals surface area contributed by atoms with Gasteiger partial charge < -0.3 is 0 Å². The molecule has 3 aromatic rings. The quantitative estimate of drug-likeness (QED) is 0.506. The minimum atomic E-state index is -0.257. The van der Waals surface area contributed by atoms with Crippen LogP contribution in [0.1, 0.15) is 12.0 Å². The number of halogens is 1. The lowest BCUT2D eigenvalue weighted by atomic mass is 10.2. The largest absolute Gasteiger partial charge is 0.273 e. The molecular formula is C17H16FN3OS2. The molecule has 24 heavy (non-hydrogen) atoms. The van der Waals surface area contributed by atoms with E-state index in [1.807, 2.05) is 25.1 Å².